The van der Waals surface area contributed by atoms with E-state index in [9.17, 15) is 4.39 Å². The maximum Gasteiger partial charge on any atom is 0.199 e. The molecule has 10 heavy (non-hydrogen) atoms. The van der Waals surface area contributed by atoms with Crippen LogP contribution < -0.4 is 0 Å². The molecule has 0 aromatic heterocycles. The fraction of sp³-hybridized carbons (Fsp3) is 1.00. The first-order chi connectivity index (χ1) is 4.70. The minimum atomic E-state index is -0.999. The van der Waals surface area contributed by atoms with E-state index in [1.165, 1.54) is 0 Å². The number of halogens is 1. The van der Waals surface area contributed by atoms with Crippen LogP contribution in [-0.4, -0.2) is 13.0 Å². The molecule has 2 heteroatoms. The Morgan fingerprint density at radius 3 is 2.60 bits per heavy atom. The van der Waals surface area contributed by atoms with Gasteiger partial charge in [0.2, 0.25) is 0 Å². The van der Waals surface area contributed by atoms with E-state index < -0.39 is 6.36 Å². The van der Waals surface area contributed by atoms with Gasteiger partial charge in [0.15, 0.2) is 6.36 Å². The molecule has 1 saturated heterocycles. The molecule has 0 N–H and O–H groups in total. The fourth-order valence-electron chi connectivity index (χ4n) is 1.38. The third-order valence-electron chi connectivity index (χ3n) is 2.22. The third-order valence-corrected chi connectivity index (χ3v) is 2.22. The molecule has 1 rings (SSSR count). The molecule has 0 radical (unpaired) electrons. The van der Waals surface area contributed by atoms with Gasteiger partial charge in [-0.25, -0.2) is 4.39 Å². The van der Waals surface area contributed by atoms with Crippen molar-refractivity contribution in [2.75, 3.05) is 6.61 Å². The van der Waals surface area contributed by atoms with Crippen LogP contribution in [0.15, 0.2) is 0 Å². The summed E-state index contributed by atoms with van der Waals surface area (Å²) in [4.78, 5) is 0. The van der Waals surface area contributed by atoms with Gasteiger partial charge in [0.25, 0.3) is 0 Å². The molecule has 60 valence electrons. The van der Waals surface area contributed by atoms with Gasteiger partial charge in [-0.3, -0.25) is 0 Å². The van der Waals surface area contributed by atoms with Crippen molar-refractivity contribution in [1.29, 1.82) is 0 Å². The van der Waals surface area contributed by atoms with E-state index in [0.717, 1.165) is 6.42 Å². The quantitative estimate of drug-likeness (QED) is 0.551. The Bertz CT molecular complexity index is 103. The lowest BCUT2D eigenvalue weighted by atomic mass is 9.88. The molecule has 1 aliphatic rings. The van der Waals surface area contributed by atoms with Crippen LogP contribution in [0, 0.1) is 11.8 Å². The lowest BCUT2D eigenvalue weighted by molar-refractivity contribution is -0.0930. The van der Waals surface area contributed by atoms with Crippen LogP contribution in [0.5, 0.6) is 0 Å². The van der Waals surface area contributed by atoms with Crippen LogP contribution in [0.4, 0.5) is 4.39 Å². The van der Waals surface area contributed by atoms with Gasteiger partial charge in [-0.15, -0.1) is 0 Å². The number of ether oxygens (including phenoxy) is 1. The minimum Gasteiger partial charge on any atom is -0.348 e. The van der Waals surface area contributed by atoms with Crippen molar-refractivity contribution in [1.82, 2.24) is 0 Å². The number of alkyl halides is 1. The maximum atomic E-state index is 12.6. The molecule has 0 bridgehead atoms. The molecule has 1 fully saturated rings. The predicted octanol–water partition coefficient (Wildman–Crippen LogP) is 2.36. The van der Waals surface area contributed by atoms with Crippen LogP contribution in [-0.2, 0) is 4.74 Å². The molecule has 0 aliphatic carbocycles. The summed E-state index contributed by atoms with van der Waals surface area (Å²) in [5.41, 5.74) is 0. The van der Waals surface area contributed by atoms with Gasteiger partial charge in [-0.05, 0) is 18.3 Å². The van der Waals surface area contributed by atoms with E-state index in [1.807, 2.05) is 0 Å². The molecule has 0 amide bonds. The monoisotopic (exact) mass is 146 g/mol. The molecule has 0 aromatic carbocycles. The van der Waals surface area contributed by atoms with Crippen molar-refractivity contribution >= 4 is 0 Å². The number of rotatable bonds is 1. The van der Waals surface area contributed by atoms with Crippen molar-refractivity contribution in [3.63, 3.8) is 0 Å². The predicted molar refractivity (Wildman–Crippen MR) is 38.4 cm³/mol. The summed E-state index contributed by atoms with van der Waals surface area (Å²) in [6.07, 6.45) is 0.622. The highest BCUT2D eigenvalue weighted by Gasteiger charge is 2.23. The summed E-state index contributed by atoms with van der Waals surface area (Å²) in [5.74, 6) is 1.13. The van der Waals surface area contributed by atoms with Gasteiger partial charge in [0.1, 0.15) is 0 Å². The molecule has 1 heterocycles. The van der Waals surface area contributed by atoms with Gasteiger partial charge in [-0.1, -0.05) is 13.8 Å². The molecule has 1 nitrogen and oxygen atoms in total. The average molecular weight is 146 g/mol. The van der Waals surface area contributed by atoms with E-state index in [1.54, 1.807) is 0 Å². The summed E-state index contributed by atoms with van der Waals surface area (Å²) in [5, 5.41) is 0. The molecule has 0 spiro atoms. The first-order valence-electron chi connectivity index (χ1n) is 3.96. The van der Waals surface area contributed by atoms with E-state index in [0.29, 0.717) is 24.9 Å². The first-order valence-corrected chi connectivity index (χ1v) is 3.96. The van der Waals surface area contributed by atoms with E-state index >= 15 is 0 Å². The van der Waals surface area contributed by atoms with Crippen molar-refractivity contribution in [2.24, 2.45) is 11.8 Å². The molecular formula is C8H15FO. The smallest absolute Gasteiger partial charge is 0.199 e. The molecule has 0 saturated carbocycles. The lowest BCUT2D eigenvalue weighted by Crippen LogP contribution is -2.25. The summed E-state index contributed by atoms with van der Waals surface area (Å²) in [6.45, 7) is 4.88. The van der Waals surface area contributed by atoms with E-state index in [2.05, 4.69) is 13.8 Å². The van der Waals surface area contributed by atoms with Crippen LogP contribution in [0.3, 0.4) is 0 Å². The van der Waals surface area contributed by atoms with E-state index in [-0.39, 0.29) is 0 Å². The second-order valence-corrected chi connectivity index (χ2v) is 3.31. The highest BCUT2D eigenvalue weighted by molar-refractivity contribution is 4.68. The zero-order chi connectivity index (χ0) is 7.56. The number of hydrogen-bond acceptors (Lipinski definition) is 1. The van der Waals surface area contributed by atoms with Crippen molar-refractivity contribution < 1.29 is 9.13 Å². The Morgan fingerprint density at radius 1 is 1.50 bits per heavy atom. The second kappa shape index (κ2) is 3.33. The van der Waals surface area contributed by atoms with Gasteiger partial charge in [-0.2, -0.15) is 0 Å². The van der Waals surface area contributed by atoms with Crippen molar-refractivity contribution in [2.45, 2.75) is 33.0 Å². The first kappa shape index (κ1) is 7.99. The Labute approximate surface area is 61.6 Å². The Kier molecular flexibility index (Phi) is 2.66. The van der Waals surface area contributed by atoms with Crippen molar-refractivity contribution in [3.8, 4) is 0 Å². The van der Waals surface area contributed by atoms with Crippen LogP contribution in [0.2, 0.25) is 0 Å². The Balaban J connectivity index is 2.32. The third kappa shape index (κ3) is 1.94. The molecule has 2 unspecified atom stereocenters. The maximum absolute atomic E-state index is 12.6. The average Bonchev–Trinajstić information content (AvgIpc) is 1.88. The molecule has 0 aromatic rings. The van der Waals surface area contributed by atoms with Crippen molar-refractivity contribution in [3.05, 3.63) is 0 Å². The minimum absolute atomic E-state index is 0.531. The highest BCUT2D eigenvalue weighted by Crippen LogP contribution is 2.26. The molecule has 1 aliphatic heterocycles. The number of hydrogen-bond donors (Lipinski definition) is 0. The Hall–Kier alpha value is -0.110. The van der Waals surface area contributed by atoms with Crippen LogP contribution in [0.25, 0.3) is 0 Å². The fourth-order valence-corrected chi connectivity index (χ4v) is 1.38. The zero-order valence-corrected chi connectivity index (χ0v) is 6.64. The Morgan fingerprint density at radius 2 is 2.20 bits per heavy atom. The van der Waals surface area contributed by atoms with Gasteiger partial charge in [0, 0.05) is 6.42 Å². The topological polar surface area (TPSA) is 9.23 Å². The molecular weight excluding hydrogens is 131 g/mol. The largest absolute Gasteiger partial charge is 0.348 e. The van der Waals surface area contributed by atoms with E-state index in [4.69, 9.17) is 4.74 Å². The normalized spacial score (nSPS) is 34.8. The van der Waals surface area contributed by atoms with Crippen LogP contribution in [0.1, 0.15) is 26.7 Å². The second-order valence-electron chi connectivity index (χ2n) is 3.31. The summed E-state index contributed by atoms with van der Waals surface area (Å²) < 4.78 is 17.4. The van der Waals surface area contributed by atoms with Gasteiger partial charge < -0.3 is 4.74 Å². The van der Waals surface area contributed by atoms with Crippen LogP contribution >= 0.6 is 0 Å². The standard InChI is InChI=1S/C8H15FO/c1-6(2)7-3-4-10-8(9)5-7/h6-8H,3-5H2,1-2H3. The summed E-state index contributed by atoms with van der Waals surface area (Å²) in [7, 11) is 0. The highest BCUT2D eigenvalue weighted by atomic mass is 19.1. The molecule has 2 atom stereocenters. The summed E-state index contributed by atoms with van der Waals surface area (Å²) >= 11 is 0. The van der Waals surface area contributed by atoms with Gasteiger partial charge >= 0.3 is 0 Å². The lowest BCUT2D eigenvalue weighted by Gasteiger charge is -2.27. The SMILES string of the molecule is CC(C)C1CCOC(F)C1. The zero-order valence-electron chi connectivity index (χ0n) is 6.64. The summed E-state index contributed by atoms with van der Waals surface area (Å²) in [6, 6.07) is 0. The van der Waals surface area contributed by atoms with Gasteiger partial charge in [0.05, 0.1) is 6.61 Å².